The van der Waals surface area contributed by atoms with Crippen molar-refractivity contribution in [3.05, 3.63) is 48.0 Å². The van der Waals surface area contributed by atoms with E-state index < -0.39 is 27.3 Å². The van der Waals surface area contributed by atoms with Crippen LogP contribution >= 0.6 is 0 Å². The topological polar surface area (TPSA) is 109 Å². The molecule has 2 fully saturated rings. The monoisotopic (exact) mass is 466 g/mol. The van der Waals surface area contributed by atoms with Gasteiger partial charge in [0.2, 0.25) is 10.0 Å². The Labute approximate surface area is 186 Å². The third-order valence-corrected chi connectivity index (χ3v) is 6.97. The van der Waals surface area contributed by atoms with Crippen LogP contribution in [0.25, 0.3) is 11.3 Å². The Hall–Kier alpha value is -2.27. The fraction of sp³-hybridized carbons (Fsp3) is 0.500. The number of amides is 1. The van der Waals surface area contributed by atoms with Crippen LogP contribution in [0.5, 0.6) is 0 Å². The number of benzene rings is 1. The summed E-state index contributed by atoms with van der Waals surface area (Å²) in [5.74, 6) is 0.0832. The van der Waals surface area contributed by atoms with Crippen molar-refractivity contribution >= 4 is 15.9 Å². The molecule has 2 N–H and O–H groups in total. The zero-order valence-corrected chi connectivity index (χ0v) is 18.8. The second-order valence-corrected chi connectivity index (χ2v) is 10.7. The number of sulfonamides is 1. The number of nitrogens with one attached hydrogen (secondary N) is 1. The average Bonchev–Trinajstić information content (AvgIpc) is 3.21. The number of aliphatic hydroxyl groups is 1. The number of carbonyl (C=O) groups is 1. The number of hydrogen-bond donors (Lipinski definition) is 2. The van der Waals surface area contributed by atoms with E-state index in [4.69, 9.17) is 9.15 Å². The van der Waals surface area contributed by atoms with Crippen molar-refractivity contribution in [1.82, 2.24) is 9.62 Å². The van der Waals surface area contributed by atoms with E-state index in [1.54, 1.807) is 36.1 Å². The van der Waals surface area contributed by atoms with E-state index in [-0.39, 0.29) is 24.1 Å². The zero-order valence-electron chi connectivity index (χ0n) is 18.0. The van der Waals surface area contributed by atoms with Crippen molar-refractivity contribution in [2.24, 2.45) is 0 Å². The predicted molar refractivity (Wildman–Crippen MR) is 115 cm³/mol. The molecule has 1 aromatic carbocycles. The van der Waals surface area contributed by atoms with E-state index in [0.717, 1.165) is 6.26 Å². The summed E-state index contributed by atoms with van der Waals surface area (Å²) < 4.78 is 50.8. The van der Waals surface area contributed by atoms with Crippen molar-refractivity contribution in [3.8, 4) is 11.3 Å². The number of ether oxygens (including phenoxy) is 1. The molecule has 1 aromatic heterocycles. The molecule has 1 spiro atoms. The second-order valence-electron chi connectivity index (χ2n) is 8.94. The molecule has 174 valence electrons. The van der Waals surface area contributed by atoms with Crippen LogP contribution in [-0.4, -0.2) is 67.5 Å². The summed E-state index contributed by atoms with van der Waals surface area (Å²) in [5.41, 5.74) is -1.24. The van der Waals surface area contributed by atoms with Gasteiger partial charge in [-0.05, 0) is 62.6 Å². The number of likely N-dealkylation sites (tertiary alicyclic amines) is 1. The van der Waals surface area contributed by atoms with Gasteiger partial charge in [-0.1, -0.05) is 0 Å². The molecule has 2 atom stereocenters. The van der Waals surface area contributed by atoms with Gasteiger partial charge in [-0.3, -0.25) is 4.79 Å². The lowest BCUT2D eigenvalue weighted by Gasteiger charge is -2.50. The van der Waals surface area contributed by atoms with Gasteiger partial charge in [0.15, 0.2) is 5.76 Å². The van der Waals surface area contributed by atoms with E-state index in [0.29, 0.717) is 43.7 Å². The summed E-state index contributed by atoms with van der Waals surface area (Å²) in [4.78, 5) is 14.6. The van der Waals surface area contributed by atoms with Gasteiger partial charge in [0.25, 0.3) is 5.91 Å². The molecule has 2 aliphatic rings. The standard InChI is InChI=1S/C22H27FN2O6S/c1-21(27)14-30-22(13-19(21)24-32(2,28)29)9-11-25(12-10-22)20(26)18-8-7-17(31-18)15-3-5-16(23)6-4-15/h3-8,19,24,27H,9-14H2,1-2H3/t19-,21-/m0/s1. The number of hydrogen-bond acceptors (Lipinski definition) is 6. The SMILES string of the molecule is C[C@]1(O)COC2(CCN(C(=O)c3ccc(-c4ccc(F)cc4)o3)CC2)C[C@@H]1NS(C)(=O)=O. The molecule has 0 saturated carbocycles. The molecule has 8 nitrogen and oxygen atoms in total. The molecule has 2 aromatic rings. The molecule has 4 rings (SSSR count). The van der Waals surface area contributed by atoms with Crippen molar-refractivity contribution in [2.45, 2.75) is 43.4 Å². The minimum atomic E-state index is -3.50. The Kier molecular flexibility index (Phi) is 5.91. The number of rotatable bonds is 4. The van der Waals surface area contributed by atoms with Gasteiger partial charge in [-0.15, -0.1) is 0 Å². The average molecular weight is 467 g/mol. The molecule has 0 radical (unpaired) electrons. The first kappa shape index (κ1) is 22.9. The summed E-state index contributed by atoms with van der Waals surface area (Å²) >= 11 is 0. The number of carbonyl (C=O) groups excluding carboxylic acids is 1. The molecular formula is C22H27FN2O6S. The lowest BCUT2D eigenvalue weighted by Crippen LogP contribution is -2.64. The van der Waals surface area contributed by atoms with Crippen LogP contribution in [-0.2, 0) is 14.8 Å². The smallest absolute Gasteiger partial charge is 0.289 e. The highest BCUT2D eigenvalue weighted by Gasteiger charge is 2.49. The highest BCUT2D eigenvalue weighted by atomic mass is 32.2. The Balaban J connectivity index is 1.41. The van der Waals surface area contributed by atoms with Gasteiger partial charge in [0.1, 0.15) is 17.2 Å². The highest BCUT2D eigenvalue weighted by molar-refractivity contribution is 7.88. The summed E-state index contributed by atoms with van der Waals surface area (Å²) in [7, 11) is -3.50. The molecule has 2 saturated heterocycles. The van der Waals surface area contributed by atoms with Crippen molar-refractivity contribution in [3.63, 3.8) is 0 Å². The van der Waals surface area contributed by atoms with Crippen molar-refractivity contribution in [1.29, 1.82) is 0 Å². The molecule has 0 bridgehead atoms. The minimum absolute atomic E-state index is 0.00729. The zero-order chi connectivity index (χ0) is 23.1. The van der Waals surface area contributed by atoms with Gasteiger partial charge in [0.05, 0.1) is 24.5 Å². The van der Waals surface area contributed by atoms with E-state index in [1.165, 1.54) is 12.1 Å². The maximum absolute atomic E-state index is 13.1. The van der Waals surface area contributed by atoms with E-state index in [2.05, 4.69) is 4.72 Å². The van der Waals surface area contributed by atoms with Crippen LogP contribution in [0, 0.1) is 5.82 Å². The summed E-state index contributed by atoms with van der Waals surface area (Å²) in [6.45, 7) is 2.39. The molecule has 10 heteroatoms. The first-order chi connectivity index (χ1) is 15.0. The van der Waals surface area contributed by atoms with Gasteiger partial charge in [-0.25, -0.2) is 17.5 Å². The van der Waals surface area contributed by atoms with Gasteiger partial charge < -0.3 is 19.2 Å². The lowest BCUT2D eigenvalue weighted by molar-refractivity contribution is -0.187. The van der Waals surface area contributed by atoms with Crippen LogP contribution in [0.15, 0.2) is 40.8 Å². The molecule has 32 heavy (non-hydrogen) atoms. The lowest BCUT2D eigenvalue weighted by atomic mass is 9.78. The predicted octanol–water partition coefficient (Wildman–Crippen LogP) is 2.15. The normalized spacial score (nSPS) is 25.8. The van der Waals surface area contributed by atoms with Crippen molar-refractivity contribution < 1.29 is 31.9 Å². The Bertz CT molecular complexity index is 1090. The molecular weight excluding hydrogens is 439 g/mol. The number of piperidine rings is 1. The largest absolute Gasteiger partial charge is 0.451 e. The van der Waals surface area contributed by atoms with E-state index in [9.17, 15) is 22.7 Å². The molecule has 0 aliphatic carbocycles. The van der Waals surface area contributed by atoms with E-state index in [1.807, 2.05) is 0 Å². The molecule has 0 unspecified atom stereocenters. The molecule has 1 amide bonds. The Morgan fingerprint density at radius 1 is 1.19 bits per heavy atom. The van der Waals surface area contributed by atoms with Crippen LogP contribution in [0.3, 0.4) is 0 Å². The Morgan fingerprint density at radius 3 is 2.47 bits per heavy atom. The van der Waals surface area contributed by atoms with Gasteiger partial charge in [-0.2, -0.15) is 0 Å². The summed E-state index contributed by atoms with van der Waals surface area (Å²) in [6, 6.07) is 8.45. The fourth-order valence-corrected chi connectivity index (χ4v) is 5.18. The third-order valence-electron chi connectivity index (χ3n) is 6.26. The summed E-state index contributed by atoms with van der Waals surface area (Å²) in [5, 5.41) is 10.6. The highest BCUT2D eigenvalue weighted by Crippen LogP contribution is 2.39. The number of furan rings is 1. The summed E-state index contributed by atoms with van der Waals surface area (Å²) in [6.07, 6.45) is 2.42. The van der Waals surface area contributed by atoms with Crippen LogP contribution < -0.4 is 4.72 Å². The quantitative estimate of drug-likeness (QED) is 0.715. The van der Waals surface area contributed by atoms with Gasteiger partial charge in [0, 0.05) is 18.7 Å². The van der Waals surface area contributed by atoms with Crippen LogP contribution in [0.2, 0.25) is 0 Å². The van der Waals surface area contributed by atoms with Crippen molar-refractivity contribution in [2.75, 3.05) is 26.0 Å². The van der Waals surface area contributed by atoms with Crippen LogP contribution in [0.4, 0.5) is 4.39 Å². The Morgan fingerprint density at radius 2 is 1.84 bits per heavy atom. The van der Waals surface area contributed by atoms with Crippen LogP contribution in [0.1, 0.15) is 36.7 Å². The van der Waals surface area contributed by atoms with E-state index >= 15 is 0 Å². The third kappa shape index (κ3) is 4.88. The fourth-order valence-electron chi connectivity index (χ4n) is 4.32. The maximum Gasteiger partial charge on any atom is 0.289 e. The number of nitrogens with zero attached hydrogens (tertiary/aromatic N) is 1. The first-order valence-electron chi connectivity index (χ1n) is 10.5. The first-order valence-corrected chi connectivity index (χ1v) is 12.3. The second kappa shape index (κ2) is 8.26. The molecule has 3 heterocycles. The van der Waals surface area contributed by atoms with Gasteiger partial charge >= 0.3 is 0 Å². The maximum atomic E-state index is 13.1. The minimum Gasteiger partial charge on any atom is -0.451 e. The molecule has 2 aliphatic heterocycles. The number of halogens is 1.